The molecule has 1 fully saturated rings. The number of pyridine rings is 1. The number of hydrogen-bond acceptors (Lipinski definition) is 3. The minimum Gasteiger partial charge on any atom is -0.373 e. The van der Waals surface area contributed by atoms with Crippen molar-refractivity contribution in [3.63, 3.8) is 0 Å². The van der Waals surface area contributed by atoms with Crippen LogP contribution in [-0.4, -0.2) is 24.0 Å². The summed E-state index contributed by atoms with van der Waals surface area (Å²) in [5.74, 6) is 1.76. The standard InChI is InChI=1S/C15H22ClN3O/c1-9-6-10(2)8-11(7-9)18-15(20)14-12(16)4-5-13(17-3)19-14/h4-5,9-11H,6-8H2,1-3H3,(H,17,19)(H,18,20). The van der Waals surface area contributed by atoms with Crippen LogP contribution >= 0.6 is 11.6 Å². The van der Waals surface area contributed by atoms with Crippen LogP contribution < -0.4 is 10.6 Å². The van der Waals surface area contributed by atoms with E-state index in [9.17, 15) is 4.79 Å². The fourth-order valence-corrected chi connectivity index (χ4v) is 3.25. The Balaban J connectivity index is 2.08. The Morgan fingerprint density at radius 1 is 1.25 bits per heavy atom. The summed E-state index contributed by atoms with van der Waals surface area (Å²) in [6, 6.07) is 3.67. The van der Waals surface area contributed by atoms with Gasteiger partial charge in [0, 0.05) is 13.1 Å². The van der Waals surface area contributed by atoms with Gasteiger partial charge in [0.25, 0.3) is 5.91 Å². The summed E-state index contributed by atoms with van der Waals surface area (Å²) in [5.41, 5.74) is 0.296. The van der Waals surface area contributed by atoms with Crippen molar-refractivity contribution in [3.05, 3.63) is 22.8 Å². The largest absolute Gasteiger partial charge is 0.373 e. The molecule has 1 aromatic rings. The van der Waals surface area contributed by atoms with Crippen LogP contribution in [0.15, 0.2) is 12.1 Å². The molecule has 1 amide bonds. The normalized spacial score (nSPS) is 26.1. The third-order valence-corrected chi connectivity index (χ3v) is 4.14. The fraction of sp³-hybridized carbons (Fsp3) is 0.600. The van der Waals surface area contributed by atoms with E-state index in [4.69, 9.17) is 11.6 Å². The molecule has 0 saturated heterocycles. The molecule has 1 aliphatic carbocycles. The molecule has 1 saturated carbocycles. The number of aromatic nitrogens is 1. The van der Waals surface area contributed by atoms with Crippen LogP contribution in [-0.2, 0) is 0 Å². The highest BCUT2D eigenvalue weighted by Crippen LogP contribution is 2.29. The van der Waals surface area contributed by atoms with Gasteiger partial charge in [0.15, 0.2) is 0 Å². The second-order valence-electron chi connectivity index (χ2n) is 5.86. The molecule has 4 nitrogen and oxygen atoms in total. The highest BCUT2D eigenvalue weighted by Gasteiger charge is 2.26. The highest BCUT2D eigenvalue weighted by molar-refractivity contribution is 6.33. The summed E-state index contributed by atoms with van der Waals surface area (Å²) in [7, 11) is 1.77. The smallest absolute Gasteiger partial charge is 0.271 e. The quantitative estimate of drug-likeness (QED) is 0.899. The lowest BCUT2D eigenvalue weighted by Crippen LogP contribution is -2.40. The summed E-state index contributed by atoms with van der Waals surface area (Å²) in [6.07, 6.45) is 3.29. The molecule has 0 aromatic carbocycles. The predicted octanol–water partition coefficient (Wildman–Crippen LogP) is 3.33. The van der Waals surface area contributed by atoms with Gasteiger partial charge in [-0.2, -0.15) is 0 Å². The first-order chi connectivity index (χ1) is 9.49. The van der Waals surface area contributed by atoms with Crippen LogP contribution in [0.4, 0.5) is 5.82 Å². The molecule has 0 spiro atoms. The van der Waals surface area contributed by atoms with Crippen LogP contribution in [0.25, 0.3) is 0 Å². The molecule has 1 aromatic heterocycles. The summed E-state index contributed by atoms with van der Waals surface area (Å²) >= 11 is 6.07. The van der Waals surface area contributed by atoms with Gasteiger partial charge in [-0.1, -0.05) is 25.4 Å². The number of carbonyl (C=O) groups excluding carboxylic acids is 1. The highest BCUT2D eigenvalue weighted by atomic mass is 35.5. The monoisotopic (exact) mass is 295 g/mol. The van der Waals surface area contributed by atoms with Gasteiger partial charge < -0.3 is 10.6 Å². The maximum absolute atomic E-state index is 12.3. The number of halogens is 1. The van der Waals surface area contributed by atoms with Crippen molar-refractivity contribution in [2.24, 2.45) is 11.8 Å². The molecule has 2 rings (SSSR count). The van der Waals surface area contributed by atoms with Crippen molar-refractivity contribution in [2.75, 3.05) is 12.4 Å². The molecule has 2 atom stereocenters. The zero-order valence-corrected chi connectivity index (χ0v) is 13.0. The van der Waals surface area contributed by atoms with Gasteiger partial charge in [0.1, 0.15) is 11.5 Å². The number of nitrogens with one attached hydrogen (secondary N) is 2. The van der Waals surface area contributed by atoms with Crippen molar-refractivity contribution in [2.45, 2.75) is 39.2 Å². The Morgan fingerprint density at radius 3 is 2.50 bits per heavy atom. The van der Waals surface area contributed by atoms with Crippen molar-refractivity contribution in [1.82, 2.24) is 10.3 Å². The second kappa shape index (κ2) is 6.44. The lowest BCUT2D eigenvalue weighted by molar-refractivity contribution is 0.0906. The number of amides is 1. The molecule has 2 N–H and O–H groups in total. The third kappa shape index (κ3) is 3.63. The van der Waals surface area contributed by atoms with Crippen LogP contribution in [0.3, 0.4) is 0 Å². The van der Waals surface area contributed by atoms with E-state index in [2.05, 4.69) is 29.5 Å². The van der Waals surface area contributed by atoms with Gasteiger partial charge in [0.05, 0.1) is 5.02 Å². The van der Waals surface area contributed by atoms with Gasteiger partial charge in [-0.05, 0) is 43.2 Å². The molecule has 1 heterocycles. The zero-order valence-electron chi connectivity index (χ0n) is 12.2. The topological polar surface area (TPSA) is 54.0 Å². The minimum atomic E-state index is -0.182. The number of rotatable bonds is 3. The number of nitrogens with zero attached hydrogens (tertiary/aromatic N) is 1. The first kappa shape index (κ1) is 15.1. The van der Waals surface area contributed by atoms with Crippen LogP contribution in [0.2, 0.25) is 5.02 Å². The Morgan fingerprint density at radius 2 is 1.90 bits per heavy atom. The SMILES string of the molecule is CNc1ccc(Cl)c(C(=O)NC2CC(C)CC(C)C2)n1. The number of anilines is 1. The Hall–Kier alpha value is -1.29. The predicted molar refractivity (Wildman–Crippen MR) is 82.2 cm³/mol. The van der Waals surface area contributed by atoms with Gasteiger partial charge in [-0.25, -0.2) is 4.98 Å². The lowest BCUT2D eigenvalue weighted by Gasteiger charge is -2.31. The van der Waals surface area contributed by atoms with Gasteiger partial charge >= 0.3 is 0 Å². The first-order valence-electron chi connectivity index (χ1n) is 7.14. The van der Waals surface area contributed by atoms with Crippen molar-refractivity contribution in [1.29, 1.82) is 0 Å². The fourth-order valence-electron chi connectivity index (χ4n) is 3.06. The van der Waals surface area contributed by atoms with Crippen LogP contribution in [0, 0.1) is 11.8 Å². The first-order valence-corrected chi connectivity index (χ1v) is 7.52. The molecule has 0 aliphatic heterocycles. The van der Waals surface area contributed by atoms with Crippen LogP contribution in [0.5, 0.6) is 0 Å². The summed E-state index contributed by atoms with van der Waals surface area (Å²) in [5, 5.41) is 6.38. The van der Waals surface area contributed by atoms with E-state index in [0.29, 0.717) is 28.4 Å². The van der Waals surface area contributed by atoms with E-state index in [1.54, 1.807) is 19.2 Å². The van der Waals surface area contributed by atoms with E-state index in [1.807, 2.05) is 0 Å². The van der Waals surface area contributed by atoms with Crippen molar-refractivity contribution < 1.29 is 4.79 Å². The molecule has 2 unspecified atom stereocenters. The maximum Gasteiger partial charge on any atom is 0.271 e. The molecule has 110 valence electrons. The summed E-state index contributed by atoms with van der Waals surface area (Å²) in [6.45, 7) is 4.48. The average Bonchev–Trinajstić information content (AvgIpc) is 2.37. The van der Waals surface area contributed by atoms with Gasteiger partial charge in [-0.15, -0.1) is 0 Å². The molecule has 0 radical (unpaired) electrons. The van der Waals surface area contributed by atoms with Gasteiger partial charge in [-0.3, -0.25) is 4.79 Å². The summed E-state index contributed by atoms with van der Waals surface area (Å²) < 4.78 is 0. The zero-order chi connectivity index (χ0) is 14.7. The Labute approximate surface area is 125 Å². The maximum atomic E-state index is 12.3. The summed E-state index contributed by atoms with van der Waals surface area (Å²) in [4.78, 5) is 16.6. The second-order valence-corrected chi connectivity index (χ2v) is 6.27. The Bertz CT molecular complexity index is 482. The van der Waals surface area contributed by atoms with Crippen molar-refractivity contribution in [3.8, 4) is 0 Å². The molecule has 5 heteroatoms. The van der Waals surface area contributed by atoms with E-state index in [1.165, 1.54) is 6.42 Å². The molecular weight excluding hydrogens is 274 g/mol. The van der Waals surface area contributed by atoms with E-state index < -0.39 is 0 Å². The van der Waals surface area contributed by atoms with E-state index >= 15 is 0 Å². The molecular formula is C15H22ClN3O. The minimum absolute atomic E-state index is 0.182. The Kier molecular flexibility index (Phi) is 4.86. The van der Waals surface area contributed by atoms with E-state index in [0.717, 1.165) is 12.8 Å². The van der Waals surface area contributed by atoms with Crippen molar-refractivity contribution >= 4 is 23.3 Å². The average molecular weight is 296 g/mol. The lowest BCUT2D eigenvalue weighted by atomic mass is 9.80. The number of carbonyl (C=O) groups is 1. The molecule has 1 aliphatic rings. The van der Waals surface area contributed by atoms with Crippen LogP contribution in [0.1, 0.15) is 43.6 Å². The molecule has 0 bridgehead atoms. The molecule has 20 heavy (non-hydrogen) atoms. The van der Waals surface area contributed by atoms with E-state index in [-0.39, 0.29) is 11.9 Å². The third-order valence-electron chi connectivity index (χ3n) is 3.83. The number of hydrogen-bond donors (Lipinski definition) is 2. The van der Waals surface area contributed by atoms with Gasteiger partial charge in [0.2, 0.25) is 0 Å².